The molecule has 1 aliphatic heterocycles. The van der Waals surface area contributed by atoms with Gasteiger partial charge in [-0.3, -0.25) is 4.79 Å². The second kappa shape index (κ2) is 6.23. The highest BCUT2D eigenvalue weighted by Crippen LogP contribution is 2.24. The smallest absolute Gasteiger partial charge is 0.225 e. The zero-order chi connectivity index (χ0) is 14.6. The van der Waals surface area contributed by atoms with Gasteiger partial charge in [-0.05, 0) is 18.1 Å². The lowest BCUT2D eigenvalue weighted by Crippen LogP contribution is -2.41. The van der Waals surface area contributed by atoms with Gasteiger partial charge in [0.05, 0.1) is 12.2 Å². The molecule has 3 N–H and O–H groups in total. The van der Waals surface area contributed by atoms with Crippen molar-refractivity contribution < 1.29 is 13.2 Å². The molecule has 1 aromatic carbocycles. The van der Waals surface area contributed by atoms with E-state index in [-0.39, 0.29) is 18.4 Å². The minimum atomic E-state index is -3.20. The van der Waals surface area contributed by atoms with Gasteiger partial charge in [0.1, 0.15) is 0 Å². The first-order valence-corrected chi connectivity index (χ1v) is 8.39. The molecule has 1 heterocycles. The Hall–Kier alpha value is -1.60. The van der Waals surface area contributed by atoms with E-state index < -0.39 is 10.0 Å². The normalized spacial score (nSPS) is 17.9. The summed E-state index contributed by atoms with van der Waals surface area (Å²) in [4.78, 5) is 12.0. The molecule has 0 radical (unpaired) electrons. The van der Waals surface area contributed by atoms with Gasteiger partial charge >= 0.3 is 0 Å². The van der Waals surface area contributed by atoms with E-state index in [4.69, 9.17) is 0 Å². The number of para-hydroxylation sites is 1. The number of hydrogen-bond acceptors (Lipinski definition) is 4. The molecule has 1 unspecified atom stereocenters. The highest BCUT2D eigenvalue weighted by molar-refractivity contribution is 7.88. The summed E-state index contributed by atoms with van der Waals surface area (Å²) in [5.74, 6) is -0.176. The van der Waals surface area contributed by atoms with Crippen molar-refractivity contribution >= 4 is 21.6 Å². The zero-order valence-electron chi connectivity index (χ0n) is 11.3. The fraction of sp³-hybridized carbons (Fsp3) is 0.462. The van der Waals surface area contributed by atoms with Crippen LogP contribution in [-0.4, -0.2) is 40.2 Å². The first-order chi connectivity index (χ1) is 9.46. The zero-order valence-corrected chi connectivity index (χ0v) is 12.2. The van der Waals surface area contributed by atoms with Gasteiger partial charge in [0.15, 0.2) is 0 Å². The average molecular weight is 297 g/mol. The van der Waals surface area contributed by atoms with E-state index in [1.807, 2.05) is 24.3 Å². The summed E-state index contributed by atoms with van der Waals surface area (Å²) < 4.78 is 24.1. The Morgan fingerprint density at radius 1 is 1.35 bits per heavy atom. The van der Waals surface area contributed by atoms with E-state index in [0.717, 1.165) is 17.5 Å². The fourth-order valence-corrected chi connectivity index (χ4v) is 2.67. The molecular weight excluding hydrogens is 278 g/mol. The Morgan fingerprint density at radius 2 is 2.10 bits per heavy atom. The number of nitrogens with one attached hydrogen (secondary N) is 3. The van der Waals surface area contributed by atoms with E-state index in [1.54, 1.807) is 0 Å². The summed E-state index contributed by atoms with van der Waals surface area (Å²) in [6.07, 6.45) is 1.80. The van der Waals surface area contributed by atoms with Crippen molar-refractivity contribution in [1.29, 1.82) is 0 Å². The highest BCUT2D eigenvalue weighted by Gasteiger charge is 2.23. The van der Waals surface area contributed by atoms with Crippen molar-refractivity contribution in [2.75, 3.05) is 31.2 Å². The Kier molecular flexibility index (Phi) is 4.61. The Bertz CT molecular complexity index is 586. The summed E-state index contributed by atoms with van der Waals surface area (Å²) in [7, 11) is -3.20. The molecule has 0 fully saturated rings. The molecule has 1 atom stereocenters. The molecule has 0 spiro atoms. The van der Waals surface area contributed by atoms with Crippen LogP contribution >= 0.6 is 0 Å². The molecule has 1 amide bonds. The lowest BCUT2D eigenvalue weighted by atomic mass is 9.93. The van der Waals surface area contributed by atoms with E-state index in [1.165, 1.54) is 0 Å². The number of anilines is 1. The van der Waals surface area contributed by atoms with Crippen LogP contribution in [0.2, 0.25) is 0 Å². The van der Waals surface area contributed by atoms with Crippen LogP contribution in [0.25, 0.3) is 0 Å². The molecule has 0 bridgehead atoms. The molecule has 0 saturated carbocycles. The number of carbonyl (C=O) groups is 1. The molecule has 0 saturated heterocycles. The van der Waals surface area contributed by atoms with Gasteiger partial charge in [-0.2, -0.15) is 0 Å². The number of rotatable bonds is 5. The van der Waals surface area contributed by atoms with Crippen LogP contribution in [0.5, 0.6) is 0 Å². The standard InChI is InChI=1S/C13H19N3O3S/c1-20(18,19)16-7-6-14-13(17)11-8-10-4-2-3-5-12(10)15-9-11/h2-5,11,15-16H,6-9H2,1H3,(H,14,17). The number of carbonyl (C=O) groups excluding carboxylic acids is 1. The number of hydrogen-bond donors (Lipinski definition) is 3. The number of fused-ring (bicyclic) bond motifs is 1. The van der Waals surface area contributed by atoms with Gasteiger partial charge < -0.3 is 10.6 Å². The predicted molar refractivity (Wildman–Crippen MR) is 78.0 cm³/mol. The van der Waals surface area contributed by atoms with Crippen LogP contribution in [0.1, 0.15) is 5.56 Å². The summed E-state index contributed by atoms with van der Waals surface area (Å²) >= 11 is 0. The van der Waals surface area contributed by atoms with Crippen LogP contribution in [0.4, 0.5) is 5.69 Å². The maximum atomic E-state index is 12.0. The van der Waals surface area contributed by atoms with Gasteiger partial charge in [-0.25, -0.2) is 13.1 Å². The molecular formula is C13H19N3O3S. The largest absolute Gasteiger partial charge is 0.384 e. The second-order valence-electron chi connectivity index (χ2n) is 4.90. The van der Waals surface area contributed by atoms with Crippen molar-refractivity contribution in [3.05, 3.63) is 29.8 Å². The number of sulfonamides is 1. The van der Waals surface area contributed by atoms with Crippen LogP contribution in [0, 0.1) is 5.92 Å². The van der Waals surface area contributed by atoms with Gasteiger partial charge in [-0.15, -0.1) is 0 Å². The molecule has 2 rings (SSSR count). The molecule has 20 heavy (non-hydrogen) atoms. The molecule has 0 aromatic heterocycles. The molecule has 1 aromatic rings. The quantitative estimate of drug-likeness (QED) is 0.664. The van der Waals surface area contributed by atoms with Gasteiger partial charge in [0.2, 0.25) is 15.9 Å². The molecule has 1 aliphatic rings. The molecule has 110 valence electrons. The third-order valence-electron chi connectivity index (χ3n) is 3.18. The van der Waals surface area contributed by atoms with E-state index in [0.29, 0.717) is 19.5 Å². The first-order valence-electron chi connectivity index (χ1n) is 6.50. The van der Waals surface area contributed by atoms with Crippen LogP contribution in [0.3, 0.4) is 0 Å². The maximum Gasteiger partial charge on any atom is 0.225 e. The summed E-state index contributed by atoms with van der Waals surface area (Å²) in [6.45, 7) is 1.10. The van der Waals surface area contributed by atoms with Crippen LogP contribution in [0.15, 0.2) is 24.3 Å². The van der Waals surface area contributed by atoms with E-state index in [2.05, 4.69) is 15.4 Å². The lowest BCUT2D eigenvalue weighted by molar-refractivity contribution is -0.124. The van der Waals surface area contributed by atoms with Crippen molar-refractivity contribution in [3.63, 3.8) is 0 Å². The summed E-state index contributed by atoms with van der Waals surface area (Å²) in [5, 5.41) is 5.99. The van der Waals surface area contributed by atoms with Crippen LogP contribution < -0.4 is 15.4 Å². The number of benzene rings is 1. The molecule has 0 aliphatic carbocycles. The van der Waals surface area contributed by atoms with Crippen LogP contribution in [-0.2, 0) is 21.2 Å². The van der Waals surface area contributed by atoms with Gasteiger partial charge in [0, 0.05) is 25.3 Å². The first kappa shape index (κ1) is 14.8. The SMILES string of the molecule is CS(=O)(=O)NCCNC(=O)C1CNc2ccccc2C1. The third kappa shape index (κ3) is 4.21. The summed E-state index contributed by atoms with van der Waals surface area (Å²) in [5.41, 5.74) is 2.21. The average Bonchev–Trinajstić information content (AvgIpc) is 2.42. The Labute approximate surface area is 119 Å². The topological polar surface area (TPSA) is 87.3 Å². The molecule has 7 heteroatoms. The minimum absolute atomic E-state index is 0.0534. The Morgan fingerprint density at radius 3 is 2.85 bits per heavy atom. The monoisotopic (exact) mass is 297 g/mol. The number of amides is 1. The minimum Gasteiger partial charge on any atom is -0.384 e. The van der Waals surface area contributed by atoms with Crippen molar-refractivity contribution in [3.8, 4) is 0 Å². The van der Waals surface area contributed by atoms with Crippen molar-refractivity contribution in [2.45, 2.75) is 6.42 Å². The third-order valence-corrected chi connectivity index (χ3v) is 3.91. The Balaban J connectivity index is 1.80. The van der Waals surface area contributed by atoms with E-state index in [9.17, 15) is 13.2 Å². The van der Waals surface area contributed by atoms with E-state index >= 15 is 0 Å². The maximum absolute atomic E-state index is 12.0. The lowest BCUT2D eigenvalue weighted by Gasteiger charge is -2.25. The van der Waals surface area contributed by atoms with Crippen molar-refractivity contribution in [1.82, 2.24) is 10.0 Å². The predicted octanol–water partition coefficient (Wildman–Crippen LogP) is -0.0638. The van der Waals surface area contributed by atoms with Gasteiger partial charge in [0.25, 0.3) is 0 Å². The summed E-state index contributed by atoms with van der Waals surface area (Å²) in [6, 6.07) is 7.92. The highest BCUT2D eigenvalue weighted by atomic mass is 32.2. The fourth-order valence-electron chi connectivity index (χ4n) is 2.19. The van der Waals surface area contributed by atoms with Crippen molar-refractivity contribution in [2.24, 2.45) is 5.92 Å². The van der Waals surface area contributed by atoms with Gasteiger partial charge in [-0.1, -0.05) is 18.2 Å². The second-order valence-corrected chi connectivity index (χ2v) is 6.73. The molecule has 6 nitrogen and oxygen atoms in total.